The summed E-state index contributed by atoms with van der Waals surface area (Å²) >= 11 is 6.05. The number of rotatable bonds is 4. The van der Waals surface area contributed by atoms with Crippen molar-refractivity contribution in [3.8, 4) is 5.75 Å². The highest BCUT2D eigenvalue weighted by Crippen LogP contribution is 2.30. The molecule has 0 saturated carbocycles. The smallest absolute Gasteiger partial charge is 0.122 e. The van der Waals surface area contributed by atoms with Crippen molar-refractivity contribution in [2.45, 2.75) is 13.0 Å². The van der Waals surface area contributed by atoms with Gasteiger partial charge in [0.15, 0.2) is 0 Å². The molecule has 0 aliphatic rings. The molecule has 0 amide bonds. The number of aliphatic hydroxyl groups is 1. The van der Waals surface area contributed by atoms with Gasteiger partial charge in [0.25, 0.3) is 0 Å². The molecular weight excluding hydrogens is 214 g/mol. The summed E-state index contributed by atoms with van der Waals surface area (Å²) in [6.07, 6.45) is -0.614. The predicted octanol–water partition coefficient (Wildman–Crippen LogP) is 1.91. The maximum absolute atomic E-state index is 9.81. The van der Waals surface area contributed by atoms with Crippen LogP contribution in [0, 0.1) is 6.92 Å². The number of nitrogens with one attached hydrogen (secondary N) is 1. The number of ether oxygens (including phenoxy) is 1. The molecule has 0 saturated heterocycles. The van der Waals surface area contributed by atoms with Crippen LogP contribution in [0.5, 0.6) is 5.75 Å². The van der Waals surface area contributed by atoms with Crippen LogP contribution in [0.15, 0.2) is 12.1 Å². The highest BCUT2D eigenvalue weighted by atomic mass is 35.5. The molecule has 1 aromatic rings. The van der Waals surface area contributed by atoms with Crippen molar-refractivity contribution in [2.75, 3.05) is 20.7 Å². The molecule has 0 fully saturated rings. The van der Waals surface area contributed by atoms with Gasteiger partial charge in [0.1, 0.15) is 5.75 Å². The van der Waals surface area contributed by atoms with Gasteiger partial charge in [0.05, 0.1) is 13.2 Å². The van der Waals surface area contributed by atoms with Gasteiger partial charge in [-0.05, 0) is 31.7 Å². The van der Waals surface area contributed by atoms with E-state index in [9.17, 15) is 5.11 Å². The maximum atomic E-state index is 9.81. The van der Waals surface area contributed by atoms with Crippen molar-refractivity contribution in [3.63, 3.8) is 0 Å². The largest absolute Gasteiger partial charge is 0.496 e. The van der Waals surface area contributed by atoms with Crippen LogP contribution in [-0.2, 0) is 0 Å². The zero-order valence-corrected chi connectivity index (χ0v) is 9.93. The van der Waals surface area contributed by atoms with Crippen molar-refractivity contribution in [1.29, 1.82) is 0 Å². The fourth-order valence-corrected chi connectivity index (χ4v) is 1.79. The highest BCUT2D eigenvalue weighted by Gasteiger charge is 2.13. The lowest BCUT2D eigenvalue weighted by atomic mass is 10.1. The molecule has 84 valence electrons. The molecule has 3 nitrogen and oxygen atoms in total. The summed E-state index contributed by atoms with van der Waals surface area (Å²) in [6.45, 7) is 2.38. The van der Waals surface area contributed by atoms with Gasteiger partial charge in [-0.3, -0.25) is 0 Å². The Labute approximate surface area is 95.0 Å². The van der Waals surface area contributed by atoms with Crippen LogP contribution in [0.25, 0.3) is 0 Å². The monoisotopic (exact) mass is 229 g/mol. The van der Waals surface area contributed by atoms with E-state index in [0.717, 1.165) is 11.3 Å². The summed E-state index contributed by atoms with van der Waals surface area (Å²) in [5.74, 6) is 0.740. The highest BCUT2D eigenvalue weighted by molar-refractivity contribution is 6.31. The van der Waals surface area contributed by atoms with Gasteiger partial charge >= 0.3 is 0 Å². The molecule has 1 unspecified atom stereocenters. The standard InChI is InChI=1S/C11H16ClNO2/c1-7-4-9(12)8(5-11(7)15-3)10(14)6-13-2/h4-5,10,13-14H,6H2,1-3H3. The third kappa shape index (κ3) is 2.84. The van der Waals surface area contributed by atoms with Gasteiger partial charge in [-0.2, -0.15) is 0 Å². The van der Waals surface area contributed by atoms with Gasteiger partial charge in [0.2, 0.25) is 0 Å². The maximum Gasteiger partial charge on any atom is 0.122 e. The number of hydrogen-bond acceptors (Lipinski definition) is 3. The Hall–Kier alpha value is -0.770. The molecule has 0 radical (unpaired) electrons. The second-order valence-corrected chi connectivity index (χ2v) is 3.82. The lowest BCUT2D eigenvalue weighted by molar-refractivity contribution is 0.177. The summed E-state index contributed by atoms with van der Waals surface area (Å²) in [5.41, 5.74) is 1.65. The first-order valence-corrected chi connectivity index (χ1v) is 5.14. The van der Waals surface area contributed by atoms with Crippen LogP contribution in [0.1, 0.15) is 17.2 Å². The van der Waals surface area contributed by atoms with E-state index in [1.165, 1.54) is 0 Å². The molecule has 0 aliphatic heterocycles. The van der Waals surface area contributed by atoms with Crippen molar-refractivity contribution >= 4 is 11.6 Å². The number of hydrogen-bond donors (Lipinski definition) is 2. The van der Waals surface area contributed by atoms with Gasteiger partial charge in [0, 0.05) is 17.1 Å². The third-order valence-electron chi connectivity index (χ3n) is 2.27. The van der Waals surface area contributed by atoms with E-state index in [-0.39, 0.29) is 0 Å². The molecule has 0 aliphatic carbocycles. The molecule has 15 heavy (non-hydrogen) atoms. The minimum Gasteiger partial charge on any atom is -0.496 e. The van der Waals surface area contributed by atoms with Crippen molar-refractivity contribution < 1.29 is 9.84 Å². The lowest BCUT2D eigenvalue weighted by Crippen LogP contribution is -2.17. The van der Waals surface area contributed by atoms with Gasteiger partial charge in [-0.1, -0.05) is 11.6 Å². The Bertz CT molecular complexity index is 342. The Morgan fingerprint density at radius 3 is 2.73 bits per heavy atom. The minimum atomic E-state index is -0.614. The van der Waals surface area contributed by atoms with Crippen molar-refractivity contribution in [3.05, 3.63) is 28.3 Å². The fraction of sp³-hybridized carbons (Fsp3) is 0.455. The van der Waals surface area contributed by atoms with E-state index in [0.29, 0.717) is 17.1 Å². The number of methoxy groups -OCH3 is 1. The molecule has 0 heterocycles. The first kappa shape index (κ1) is 12.3. The molecule has 2 N–H and O–H groups in total. The average molecular weight is 230 g/mol. The first-order chi connectivity index (χ1) is 7.10. The molecule has 0 bridgehead atoms. The average Bonchev–Trinajstić information content (AvgIpc) is 2.18. The number of aliphatic hydroxyl groups excluding tert-OH is 1. The molecule has 1 rings (SSSR count). The van der Waals surface area contributed by atoms with E-state index in [4.69, 9.17) is 16.3 Å². The van der Waals surface area contributed by atoms with Gasteiger partial charge < -0.3 is 15.2 Å². The predicted molar refractivity (Wildman–Crippen MR) is 61.6 cm³/mol. The summed E-state index contributed by atoms with van der Waals surface area (Å²) in [4.78, 5) is 0. The Morgan fingerprint density at radius 2 is 2.20 bits per heavy atom. The van der Waals surface area contributed by atoms with Gasteiger partial charge in [-0.15, -0.1) is 0 Å². The van der Waals surface area contributed by atoms with Crippen LogP contribution in [0.2, 0.25) is 5.02 Å². The molecular formula is C11H16ClNO2. The van der Waals surface area contributed by atoms with E-state index in [2.05, 4.69) is 5.32 Å². The Balaban J connectivity index is 3.06. The summed E-state index contributed by atoms with van der Waals surface area (Å²) in [7, 11) is 3.38. The lowest BCUT2D eigenvalue weighted by Gasteiger charge is -2.15. The van der Waals surface area contributed by atoms with E-state index < -0.39 is 6.10 Å². The number of aryl methyl sites for hydroxylation is 1. The van der Waals surface area contributed by atoms with Crippen LogP contribution in [0.3, 0.4) is 0 Å². The molecule has 4 heteroatoms. The molecule has 1 atom stereocenters. The van der Waals surface area contributed by atoms with E-state index in [1.54, 1.807) is 26.3 Å². The first-order valence-electron chi connectivity index (χ1n) is 4.76. The van der Waals surface area contributed by atoms with Gasteiger partial charge in [-0.25, -0.2) is 0 Å². The van der Waals surface area contributed by atoms with Crippen LogP contribution in [-0.4, -0.2) is 25.8 Å². The summed E-state index contributed by atoms with van der Waals surface area (Å²) in [5, 5.41) is 13.3. The number of likely N-dealkylation sites (N-methyl/N-ethyl adjacent to an activating group) is 1. The zero-order chi connectivity index (χ0) is 11.4. The van der Waals surface area contributed by atoms with Crippen LogP contribution >= 0.6 is 11.6 Å². The SMILES string of the molecule is CNCC(O)c1cc(OC)c(C)cc1Cl. The van der Waals surface area contributed by atoms with Crippen LogP contribution in [0.4, 0.5) is 0 Å². The fourth-order valence-electron chi connectivity index (χ4n) is 1.45. The quantitative estimate of drug-likeness (QED) is 0.829. The molecule has 0 aromatic heterocycles. The normalized spacial score (nSPS) is 12.6. The third-order valence-corrected chi connectivity index (χ3v) is 2.60. The number of benzene rings is 1. The molecule has 0 spiro atoms. The minimum absolute atomic E-state index is 0.464. The van der Waals surface area contributed by atoms with E-state index >= 15 is 0 Å². The van der Waals surface area contributed by atoms with E-state index in [1.807, 2.05) is 6.92 Å². The summed E-state index contributed by atoms with van der Waals surface area (Å²) in [6, 6.07) is 3.58. The van der Waals surface area contributed by atoms with Crippen molar-refractivity contribution in [2.24, 2.45) is 0 Å². The topological polar surface area (TPSA) is 41.5 Å². The zero-order valence-electron chi connectivity index (χ0n) is 9.17. The van der Waals surface area contributed by atoms with Crippen molar-refractivity contribution in [1.82, 2.24) is 5.32 Å². The summed E-state index contributed by atoms with van der Waals surface area (Å²) < 4.78 is 5.18. The molecule has 1 aromatic carbocycles. The number of halogens is 1. The second-order valence-electron chi connectivity index (χ2n) is 3.42. The Morgan fingerprint density at radius 1 is 1.53 bits per heavy atom. The second kappa shape index (κ2) is 5.35. The Kier molecular flexibility index (Phi) is 4.39. The van der Waals surface area contributed by atoms with Crippen LogP contribution < -0.4 is 10.1 Å².